The van der Waals surface area contributed by atoms with Crippen LogP contribution in [0.3, 0.4) is 0 Å². The van der Waals surface area contributed by atoms with Gasteiger partial charge in [0.05, 0.1) is 31.0 Å². The molecule has 1 aromatic carbocycles. The fourth-order valence-electron chi connectivity index (χ4n) is 4.58. The summed E-state index contributed by atoms with van der Waals surface area (Å²) in [4.78, 5) is 2.28. The molecule has 0 radical (unpaired) electrons. The van der Waals surface area contributed by atoms with Crippen molar-refractivity contribution in [3.63, 3.8) is 0 Å². The van der Waals surface area contributed by atoms with Crippen LogP contribution in [-0.2, 0) is 0 Å². The molecule has 142 valence electrons. The second-order valence-electron chi connectivity index (χ2n) is 7.33. The van der Waals surface area contributed by atoms with Gasteiger partial charge >= 0.3 is 0 Å². The van der Waals surface area contributed by atoms with Gasteiger partial charge in [-0.3, -0.25) is 4.90 Å². The zero-order valence-electron chi connectivity index (χ0n) is 16.1. The summed E-state index contributed by atoms with van der Waals surface area (Å²) in [5.41, 5.74) is -0.129. The van der Waals surface area contributed by atoms with E-state index in [1.165, 1.54) is 0 Å². The van der Waals surface area contributed by atoms with Crippen LogP contribution < -0.4 is 4.74 Å². The summed E-state index contributed by atoms with van der Waals surface area (Å²) in [7, 11) is 1.57. The van der Waals surface area contributed by atoms with Crippen molar-refractivity contribution < 1.29 is 4.74 Å². The molecule has 0 bridgehead atoms. The summed E-state index contributed by atoms with van der Waals surface area (Å²) in [6, 6.07) is 13.8. The number of hydrogen-bond acceptors (Lipinski definition) is 6. The lowest BCUT2D eigenvalue weighted by molar-refractivity contribution is 0.204. The number of nitrogens with zero attached hydrogens (tertiary/aromatic N) is 4. The fraction of sp³-hybridized carbons (Fsp3) is 0.455. The summed E-state index contributed by atoms with van der Waals surface area (Å²) < 4.78 is 5.35. The zero-order chi connectivity index (χ0) is 20.3. The molecule has 2 aliphatic rings. The molecule has 6 heteroatoms. The Morgan fingerprint density at radius 1 is 1.29 bits per heavy atom. The number of nitrogens with one attached hydrogen (secondary N) is 1. The minimum absolute atomic E-state index is 0.112. The van der Waals surface area contributed by atoms with Gasteiger partial charge < -0.3 is 10.1 Å². The van der Waals surface area contributed by atoms with Gasteiger partial charge in [0.15, 0.2) is 5.41 Å². The van der Waals surface area contributed by atoms with Crippen LogP contribution in [0.1, 0.15) is 24.8 Å². The van der Waals surface area contributed by atoms with Gasteiger partial charge in [0, 0.05) is 24.9 Å². The van der Waals surface area contributed by atoms with Crippen LogP contribution in [0.25, 0.3) is 0 Å². The monoisotopic (exact) mass is 373 g/mol. The number of ether oxygens (including phenoxy) is 1. The number of rotatable bonds is 4. The number of fused-ring (bicyclic) bond motifs is 1. The SMILES string of the molecule is CCCN1CC=C2C(C#N)C(=N)C(C#N)(C#N)[C@@H](c3cccc(OC)c3)[C@H]2C1. The molecule has 28 heavy (non-hydrogen) atoms. The van der Waals surface area contributed by atoms with Crippen LogP contribution in [0.4, 0.5) is 0 Å². The average Bonchev–Trinajstić information content (AvgIpc) is 2.73. The van der Waals surface area contributed by atoms with Crippen molar-refractivity contribution in [2.45, 2.75) is 19.3 Å². The largest absolute Gasteiger partial charge is 0.497 e. The first-order valence-electron chi connectivity index (χ1n) is 9.43. The standard InChI is InChI=1S/C22H23N5O/c1-3-8-27-9-7-17-18(11-23)21(26)22(13-24,14-25)20(19(17)12-27)15-5-4-6-16(10-15)28-2/h4-7,10,18-20,26H,3,8-9,12H2,1-2H3/t18?,19-,20-/m0/s1. The van der Waals surface area contributed by atoms with Crippen molar-refractivity contribution in [1.29, 1.82) is 21.2 Å². The first-order chi connectivity index (χ1) is 13.6. The van der Waals surface area contributed by atoms with E-state index in [2.05, 4.69) is 30.0 Å². The van der Waals surface area contributed by atoms with Crippen molar-refractivity contribution in [1.82, 2.24) is 4.90 Å². The van der Waals surface area contributed by atoms with E-state index in [4.69, 9.17) is 10.1 Å². The summed E-state index contributed by atoms with van der Waals surface area (Å²) in [6.07, 6.45) is 3.02. The van der Waals surface area contributed by atoms with E-state index in [9.17, 15) is 15.8 Å². The molecule has 3 rings (SSSR count). The maximum atomic E-state index is 10.1. The molecule has 0 saturated heterocycles. The van der Waals surface area contributed by atoms with Gasteiger partial charge in [-0.15, -0.1) is 0 Å². The highest BCUT2D eigenvalue weighted by molar-refractivity contribution is 6.00. The molecule has 1 unspecified atom stereocenters. The molecule has 1 heterocycles. The van der Waals surface area contributed by atoms with E-state index < -0.39 is 17.3 Å². The van der Waals surface area contributed by atoms with E-state index in [1.54, 1.807) is 7.11 Å². The summed E-state index contributed by atoms with van der Waals surface area (Å²) >= 11 is 0. The smallest absolute Gasteiger partial charge is 0.189 e. The highest BCUT2D eigenvalue weighted by Gasteiger charge is 2.57. The quantitative estimate of drug-likeness (QED) is 0.815. The normalized spacial score (nSPS) is 26.2. The molecule has 1 saturated carbocycles. The van der Waals surface area contributed by atoms with Crippen LogP contribution in [-0.4, -0.2) is 37.4 Å². The minimum Gasteiger partial charge on any atom is -0.497 e. The Bertz CT molecular complexity index is 915. The molecule has 0 spiro atoms. The third kappa shape index (κ3) is 2.95. The first kappa shape index (κ1) is 19.6. The molecule has 1 aliphatic carbocycles. The van der Waals surface area contributed by atoms with E-state index in [0.29, 0.717) is 12.3 Å². The fourth-order valence-corrected chi connectivity index (χ4v) is 4.58. The molecule has 3 atom stereocenters. The molecule has 1 aliphatic heterocycles. The third-order valence-corrected chi connectivity index (χ3v) is 5.86. The zero-order valence-corrected chi connectivity index (χ0v) is 16.1. The molecule has 1 fully saturated rings. The molecule has 6 nitrogen and oxygen atoms in total. The summed E-state index contributed by atoms with van der Waals surface area (Å²) in [5, 5.41) is 38.5. The second kappa shape index (κ2) is 7.85. The predicted octanol–water partition coefficient (Wildman–Crippen LogP) is 3.25. The van der Waals surface area contributed by atoms with Gasteiger partial charge in [0.1, 0.15) is 11.7 Å². The lowest BCUT2D eigenvalue weighted by Crippen LogP contribution is -2.52. The Morgan fingerprint density at radius 2 is 2.04 bits per heavy atom. The van der Waals surface area contributed by atoms with Crippen LogP contribution in [0, 0.1) is 56.7 Å². The lowest BCUT2D eigenvalue weighted by Gasteiger charge is -2.47. The predicted molar refractivity (Wildman–Crippen MR) is 105 cm³/mol. The van der Waals surface area contributed by atoms with Crippen molar-refractivity contribution in [3.05, 3.63) is 41.5 Å². The van der Waals surface area contributed by atoms with Crippen molar-refractivity contribution in [2.24, 2.45) is 17.3 Å². The Labute approximate surface area is 165 Å². The Hall–Kier alpha value is -3.14. The maximum absolute atomic E-state index is 10.1. The third-order valence-electron chi connectivity index (χ3n) is 5.86. The Balaban J connectivity index is 2.22. The van der Waals surface area contributed by atoms with Crippen molar-refractivity contribution >= 4 is 5.71 Å². The summed E-state index contributed by atoms with van der Waals surface area (Å²) in [5.74, 6) is -0.885. The molecule has 0 aromatic heterocycles. The van der Waals surface area contributed by atoms with Gasteiger partial charge in [-0.25, -0.2) is 0 Å². The van der Waals surface area contributed by atoms with E-state index in [1.807, 2.05) is 30.3 Å². The topological polar surface area (TPSA) is 108 Å². The van der Waals surface area contributed by atoms with Crippen LogP contribution in [0.15, 0.2) is 35.9 Å². The molecule has 1 aromatic rings. The van der Waals surface area contributed by atoms with E-state index in [-0.39, 0.29) is 11.6 Å². The summed E-state index contributed by atoms with van der Waals surface area (Å²) in [6.45, 7) is 4.41. The van der Waals surface area contributed by atoms with Crippen LogP contribution >= 0.6 is 0 Å². The Morgan fingerprint density at radius 3 is 2.64 bits per heavy atom. The molecule has 0 amide bonds. The van der Waals surface area contributed by atoms with Gasteiger partial charge in [-0.2, -0.15) is 15.8 Å². The van der Waals surface area contributed by atoms with Gasteiger partial charge in [-0.05, 0) is 36.2 Å². The Kier molecular flexibility index (Phi) is 5.50. The highest BCUT2D eigenvalue weighted by atomic mass is 16.5. The van der Waals surface area contributed by atoms with E-state index >= 15 is 0 Å². The molecule has 1 N–H and O–H groups in total. The van der Waals surface area contributed by atoms with E-state index in [0.717, 1.165) is 30.6 Å². The van der Waals surface area contributed by atoms with Crippen LogP contribution in [0.2, 0.25) is 0 Å². The van der Waals surface area contributed by atoms with Gasteiger partial charge in [0.25, 0.3) is 0 Å². The van der Waals surface area contributed by atoms with Crippen LogP contribution in [0.5, 0.6) is 5.75 Å². The molecular weight excluding hydrogens is 350 g/mol. The number of methoxy groups -OCH3 is 1. The maximum Gasteiger partial charge on any atom is 0.189 e. The lowest BCUT2D eigenvalue weighted by atomic mass is 9.54. The second-order valence-corrected chi connectivity index (χ2v) is 7.33. The van der Waals surface area contributed by atoms with Gasteiger partial charge in [-0.1, -0.05) is 25.1 Å². The number of hydrogen-bond donors (Lipinski definition) is 1. The van der Waals surface area contributed by atoms with Gasteiger partial charge in [0.2, 0.25) is 0 Å². The number of nitriles is 3. The number of benzene rings is 1. The highest BCUT2D eigenvalue weighted by Crippen LogP contribution is 2.53. The van der Waals surface area contributed by atoms with Crippen molar-refractivity contribution in [2.75, 3.05) is 26.7 Å². The van der Waals surface area contributed by atoms with Crippen molar-refractivity contribution in [3.8, 4) is 24.0 Å². The minimum atomic E-state index is -1.68. The first-order valence-corrected chi connectivity index (χ1v) is 9.43. The average molecular weight is 373 g/mol. The molecular formula is C22H23N5O.